The lowest BCUT2D eigenvalue weighted by Gasteiger charge is -2.38. The largest absolute Gasteiger partial charge is 0.480 e. The Morgan fingerprint density at radius 2 is 1.71 bits per heavy atom. The third-order valence-electron chi connectivity index (χ3n) is 6.12. The van der Waals surface area contributed by atoms with Crippen molar-refractivity contribution in [1.29, 1.82) is 0 Å². The van der Waals surface area contributed by atoms with E-state index in [0.717, 1.165) is 11.1 Å². The third kappa shape index (κ3) is 4.26. The van der Waals surface area contributed by atoms with E-state index in [-0.39, 0.29) is 30.9 Å². The summed E-state index contributed by atoms with van der Waals surface area (Å²) in [5.74, 6) is -1.17. The smallest absolute Gasteiger partial charge is 0.407 e. The Morgan fingerprint density at radius 3 is 2.26 bits per heavy atom. The van der Waals surface area contributed by atoms with Gasteiger partial charge in [-0.15, -0.1) is 0 Å². The van der Waals surface area contributed by atoms with Gasteiger partial charge in [-0.1, -0.05) is 48.5 Å². The van der Waals surface area contributed by atoms with E-state index < -0.39 is 18.1 Å². The van der Waals surface area contributed by atoms with Gasteiger partial charge in [0.25, 0.3) is 0 Å². The summed E-state index contributed by atoms with van der Waals surface area (Å²) in [5.41, 5.74) is 4.64. The molecule has 0 radical (unpaired) electrons. The van der Waals surface area contributed by atoms with Crippen molar-refractivity contribution < 1.29 is 24.2 Å². The van der Waals surface area contributed by atoms with E-state index in [1.165, 1.54) is 16.0 Å². The van der Waals surface area contributed by atoms with Gasteiger partial charge in [-0.3, -0.25) is 4.79 Å². The van der Waals surface area contributed by atoms with Crippen molar-refractivity contribution in [2.45, 2.75) is 44.2 Å². The molecule has 2 aromatic carbocycles. The molecule has 1 aliphatic heterocycles. The maximum atomic E-state index is 12.3. The molecule has 7 nitrogen and oxygen atoms in total. The minimum Gasteiger partial charge on any atom is -0.480 e. The van der Waals surface area contributed by atoms with Gasteiger partial charge in [0.1, 0.15) is 12.6 Å². The zero-order chi connectivity index (χ0) is 22.0. The van der Waals surface area contributed by atoms with Crippen molar-refractivity contribution in [2.24, 2.45) is 0 Å². The van der Waals surface area contributed by atoms with E-state index in [2.05, 4.69) is 29.6 Å². The summed E-state index contributed by atoms with van der Waals surface area (Å²) >= 11 is 0. The first-order valence-corrected chi connectivity index (χ1v) is 10.6. The molecule has 2 atom stereocenters. The zero-order valence-electron chi connectivity index (χ0n) is 17.4. The summed E-state index contributed by atoms with van der Waals surface area (Å²) in [6, 6.07) is 15.3. The second-order valence-electron chi connectivity index (χ2n) is 8.14. The monoisotopic (exact) mass is 422 g/mol. The van der Waals surface area contributed by atoms with Gasteiger partial charge in [0.2, 0.25) is 5.91 Å². The number of alkyl carbamates (subject to hydrolysis) is 1. The molecule has 4 rings (SSSR count). The zero-order valence-corrected chi connectivity index (χ0v) is 17.4. The van der Waals surface area contributed by atoms with Crippen molar-refractivity contribution >= 4 is 18.0 Å². The van der Waals surface area contributed by atoms with Crippen LogP contribution < -0.4 is 5.32 Å². The fourth-order valence-corrected chi connectivity index (χ4v) is 4.34. The summed E-state index contributed by atoms with van der Waals surface area (Å²) in [5, 5.41) is 11.8. The van der Waals surface area contributed by atoms with Crippen LogP contribution in [0.2, 0.25) is 0 Å². The fraction of sp³-hybridized carbons (Fsp3) is 0.375. The summed E-state index contributed by atoms with van der Waals surface area (Å²) in [4.78, 5) is 36.9. The van der Waals surface area contributed by atoms with Crippen LogP contribution >= 0.6 is 0 Å². The number of rotatable bonds is 7. The highest BCUT2D eigenvalue weighted by Gasteiger charge is 2.37. The average Bonchev–Trinajstić information content (AvgIpc) is 3.03. The normalized spacial score (nSPS) is 17.8. The highest BCUT2D eigenvalue weighted by molar-refractivity contribution is 5.85. The molecule has 7 heteroatoms. The highest BCUT2D eigenvalue weighted by Crippen LogP contribution is 2.44. The van der Waals surface area contributed by atoms with E-state index in [0.29, 0.717) is 19.4 Å². The van der Waals surface area contributed by atoms with Crippen LogP contribution in [0.1, 0.15) is 43.2 Å². The van der Waals surface area contributed by atoms with Crippen molar-refractivity contribution in [3.63, 3.8) is 0 Å². The van der Waals surface area contributed by atoms with Crippen LogP contribution in [0.15, 0.2) is 48.5 Å². The first-order chi connectivity index (χ1) is 15.0. The SMILES string of the molecule is CC(CCC(=O)N1CCC1C(=O)O)NC(=O)OCC1c2ccccc2-c2ccccc21. The number of likely N-dealkylation sites (tertiary alicyclic amines) is 1. The van der Waals surface area contributed by atoms with E-state index in [1.54, 1.807) is 6.92 Å². The Morgan fingerprint density at radius 1 is 1.10 bits per heavy atom. The molecule has 2 unspecified atom stereocenters. The molecule has 0 spiro atoms. The Hall–Kier alpha value is -3.35. The molecular formula is C24H26N2O5. The van der Waals surface area contributed by atoms with Crippen molar-refractivity contribution in [3.8, 4) is 11.1 Å². The molecule has 2 aliphatic rings. The van der Waals surface area contributed by atoms with E-state index in [9.17, 15) is 14.4 Å². The summed E-state index contributed by atoms with van der Waals surface area (Å²) in [6.07, 6.45) is 0.587. The van der Waals surface area contributed by atoms with E-state index in [1.807, 2.05) is 24.3 Å². The Balaban J connectivity index is 1.27. The first kappa shape index (κ1) is 20.9. The van der Waals surface area contributed by atoms with E-state index in [4.69, 9.17) is 9.84 Å². The molecule has 1 heterocycles. The molecule has 2 amide bonds. The second kappa shape index (κ2) is 8.79. The van der Waals surface area contributed by atoms with Gasteiger partial charge < -0.3 is 20.1 Å². The summed E-state index contributed by atoms with van der Waals surface area (Å²) < 4.78 is 5.52. The van der Waals surface area contributed by atoms with Gasteiger partial charge in [0.05, 0.1) is 0 Å². The number of aliphatic carboxylic acids is 1. The summed E-state index contributed by atoms with van der Waals surface area (Å²) in [7, 11) is 0. The average molecular weight is 422 g/mol. The quantitative estimate of drug-likeness (QED) is 0.713. The maximum absolute atomic E-state index is 12.3. The highest BCUT2D eigenvalue weighted by atomic mass is 16.5. The van der Waals surface area contributed by atoms with Crippen LogP contribution in [0, 0.1) is 0 Å². The number of carbonyl (C=O) groups excluding carboxylic acids is 2. The van der Waals surface area contributed by atoms with Crippen LogP contribution in [-0.4, -0.2) is 53.2 Å². The number of ether oxygens (including phenoxy) is 1. The minimum atomic E-state index is -0.968. The second-order valence-corrected chi connectivity index (χ2v) is 8.14. The number of carboxylic acids is 1. The van der Waals surface area contributed by atoms with Crippen LogP contribution in [-0.2, 0) is 14.3 Å². The molecule has 2 N–H and O–H groups in total. The number of nitrogens with zero attached hydrogens (tertiary/aromatic N) is 1. The number of carboxylic acid groups (broad SMARTS) is 1. The molecule has 1 aliphatic carbocycles. The predicted octanol–water partition coefficient (Wildman–Crippen LogP) is 3.38. The molecule has 2 aromatic rings. The Bertz CT molecular complexity index is 959. The fourth-order valence-electron chi connectivity index (χ4n) is 4.34. The molecule has 1 fully saturated rings. The standard InChI is InChI=1S/C24H26N2O5/c1-15(10-11-22(27)26-13-12-21(26)23(28)29)25-24(30)31-14-20-18-8-4-2-6-16(18)17-7-3-5-9-19(17)20/h2-9,15,20-21H,10-14H2,1H3,(H,25,30)(H,28,29). The number of nitrogens with one attached hydrogen (secondary N) is 1. The van der Waals surface area contributed by atoms with Crippen molar-refractivity contribution in [1.82, 2.24) is 10.2 Å². The first-order valence-electron chi connectivity index (χ1n) is 10.6. The number of fused-ring (bicyclic) bond motifs is 3. The van der Waals surface area contributed by atoms with Crippen molar-refractivity contribution in [2.75, 3.05) is 13.2 Å². The molecule has 0 aromatic heterocycles. The van der Waals surface area contributed by atoms with Crippen LogP contribution in [0.25, 0.3) is 11.1 Å². The van der Waals surface area contributed by atoms with Gasteiger partial charge in [-0.05, 0) is 42.0 Å². The number of amides is 2. The van der Waals surface area contributed by atoms with Gasteiger partial charge in [-0.2, -0.15) is 0 Å². The molecule has 31 heavy (non-hydrogen) atoms. The van der Waals surface area contributed by atoms with Crippen LogP contribution in [0.5, 0.6) is 0 Å². The molecule has 1 saturated heterocycles. The van der Waals surface area contributed by atoms with Gasteiger partial charge in [0.15, 0.2) is 0 Å². The lowest BCUT2D eigenvalue weighted by molar-refractivity contribution is -0.157. The number of hydrogen-bond donors (Lipinski definition) is 2. The molecule has 0 bridgehead atoms. The lowest BCUT2D eigenvalue weighted by atomic mass is 9.98. The molecular weight excluding hydrogens is 396 g/mol. The van der Waals surface area contributed by atoms with Gasteiger partial charge in [0, 0.05) is 24.9 Å². The van der Waals surface area contributed by atoms with Crippen LogP contribution in [0.4, 0.5) is 4.79 Å². The van der Waals surface area contributed by atoms with Crippen molar-refractivity contribution in [3.05, 3.63) is 59.7 Å². The Kier molecular flexibility index (Phi) is 5.93. The lowest BCUT2D eigenvalue weighted by Crippen LogP contribution is -2.55. The third-order valence-corrected chi connectivity index (χ3v) is 6.12. The number of benzene rings is 2. The maximum Gasteiger partial charge on any atom is 0.407 e. The Labute approximate surface area is 181 Å². The van der Waals surface area contributed by atoms with Gasteiger partial charge >= 0.3 is 12.1 Å². The van der Waals surface area contributed by atoms with Gasteiger partial charge in [-0.25, -0.2) is 9.59 Å². The predicted molar refractivity (Wildman–Crippen MR) is 115 cm³/mol. The number of carbonyl (C=O) groups is 3. The molecule has 162 valence electrons. The topological polar surface area (TPSA) is 95.9 Å². The number of hydrogen-bond acceptors (Lipinski definition) is 4. The molecule has 0 saturated carbocycles. The summed E-state index contributed by atoms with van der Waals surface area (Å²) in [6.45, 7) is 2.52. The minimum absolute atomic E-state index is 0.00518. The van der Waals surface area contributed by atoms with Crippen LogP contribution in [0.3, 0.4) is 0 Å². The van der Waals surface area contributed by atoms with E-state index >= 15 is 0 Å².